The summed E-state index contributed by atoms with van der Waals surface area (Å²) in [5, 5.41) is 21.3. The number of hydrogen-bond acceptors (Lipinski definition) is 5. The second-order valence-corrected chi connectivity index (χ2v) is 11.9. The van der Waals surface area contributed by atoms with Crippen molar-refractivity contribution < 1.29 is 24.5 Å². The van der Waals surface area contributed by atoms with Crippen molar-refractivity contribution in [2.45, 2.75) is 90.4 Å². The molecule has 8 atom stereocenters. The third kappa shape index (κ3) is 3.34. The van der Waals surface area contributed by atoms with Gasteiger partial charge in [-0.15, -0.1) is 0 Å². The fourth-order valence-electron chi connectivity index (χ4n) is 8.43. The minimum absolute atomic E-state index is 0.0581. The van der Waals surface area contributed by atoms with Crippen LogP contribution in [0.25, 0.3) is 0 Å². The van der Waals surface area contributed by atoms with Crippen LogP contribution >= 0.6 is 0 Å². The van der Waals surface area contributed by atoms with E-state index in [0.717, 1.165) is 19.3 Å². The fraction of sp³-hybridized carbons (Fsp3) is 0.778. The van der Waals surface area contributed by atoms with Crippen molar-refractivity contribution in [3.05, 3.63) is 23.8 Å². The SMILES string of the molecule is CC1CC2C3CCC4=CC(=O)C=CC4(C)C3C(O)CC2(C)C1OC(=O)C1CCC(O)CC1. The first-order valence-corrected chi connectivity index (χ1v) is 12.6. The van der Waals surface area contributed by atoms with Crippen molar-refractivity contribution in [1.29, 1.82) is 0 Å². The van der Waals surface area contributed by atoms with Crippen LogP contribution in [0.4, 0.5) is 0 Å². The summed E-state index contributed by atoms with van der Waals surface area (Å²) >= 11 is 0. The Morgan fingerprint density at radius 3 is 2.56 bits per heavy atom. The average Bonchev–Trinajstić information content (AvgIpc) is 2.98. The standard InChI is InChI=1S/C27H38O5/c1-15-12-21-20-9-6-17-13-19(29)10-11-26(17,2)23(20)22(30)14-27(21,3)24(15)32-25(31)16-4-7-18(28)8-5-16/h10-11,13,15-16,18,20-24,28,30H,4-9,12,14H2,1-3H3. The lowest BCUT2D eigenvalue weighted by atomic mass is 9.47. The molecule has 0 heterocycles. The molecule has 0 radical (unpaired) electrons. The Morgan fingerprint density at radius 2 is 1.84 bits per heavy atom. The maximum atomic E-state index is 13.0. The van der Waals surface area contributed by atoms with Gasteiger partial charge in [-0.25, -0.2) is 0 Å². The van der Waals surface area contributed by atoms with Crippen LogP contribution in [-0.2, 0) is 14.3 Å². The van der Waals surface area contributed by atoms with Gasteiger partial charge >= 0.3 is 5.97 Å². The molecule has 5 rings (SSSR count). The van der Waals surface area contributed by atoms with E-state index in [-0.39, 0.29) is 52.5 Å². The van der Waals surface area contributed by atoms with E-state index in [1.54, 1.807) is 12.2 Å². The van der Waals surface area contributed by atoms with E-state index in [4.69, 9.17) is 4.74 Å². The van der Waals surface area contributed by atoms with Crippen LogP contribution in [0, 0.1) is 40.4 Å². The predicted molar refractivity (Wildman–Crippen MR) is 120 cm³/mol. The summed E-state index contributed by atoms with van der Waals surface area (Å²) < 4.78 is 6.24. The molecule has 0 amide bonds. The van der Waals surface area contributed by atoms with E-state index >= 15 is 0 Å². The second-order valence-electron chi connectivity index (χ2n) is 11.9. The van der Waals surface area contributed by atoms with Crippen molar-refractivity contribution in [3.8, 4) is 0 Å². The van der Waals surface area contributed by atoms with Crippen LogP contribution in [0.2, 0.25) is 0 Å². The van der Waals surface area contributed by atoms with Gasteiger partial charge in [-0.1, -0.05) is 32.4 Å². The Hall–Kier alpha value is -1.46. The largest absolute Gasteiger partial charge is 0.461 e. The highest BCUT2D eigenvalue weighted by Gasteiger charge is 2.64. The molecule has 32 heavy (non-hydrogen) atoms. The quantitative estimate of drug-likeness (QED) is 0.632. The lowest BCUT2D eigenvalue weighted by Crippen LogP contribution is -2.57. The number of rotatable bonds is 2. The van der Waals surface area contributed by atoms with Gasteiger partial charge in [0.15, 0.2) is 5.78 Å². The molecule has 0 aromatic heterocycles. The average molecular weight is 443 g/mol. The number of carbonyl (C=O) groups excluding carboxylic acids is 2. The van der Waals surface area contributed by atoms with Gasteiger partial charge in [0.05, 0.1) is 18.1 Å². The van der Waals surface area contributed by atoms with Crippen molar-refractivity contribution in [2.75, 3.05) is 0 Å². The molecule has 0 aromatic carbocycles. The molecule has 8 unspecified atom stereocenters. The second kappa shape index (κ2) is 7.80. The highest BCUT2D eigenvalue weighted by molar-refractivity contribution is 6.01. The third-order valence-electron chi connectivity index (χ3n) is 10.00. The lowest BCUT2D eigenvalue weighted by Gasteiger charge is -2.58. The van der Waals surface area contributed by atoms with Crippen molar-refractivity contribution >= 4 is 11.8 Å². The molecule has 0 bridgehead atoms. The topological polar surface area (TPSA) is 83.8 Å². The molecule has 5 aliphatic carbocycles. The zero-order valence-corrected chi connectivity index (χ0v) is 19.6. The highest BCUT2D eigenvalue weighted by Crippen LogP contribution is 2.66. The molecule has 2 N–H and O–H groups in total. The minimum Gasteiger partial charge on any atom is -0.461 e. The predicted octanol–water partition coefficient (Wildman–Crippen LogP) is 3.97. The van der Waals surface area contributed by atoms with E-state index in [1.807, 2.05) is 6.08 Å². The van der Waals surface area contributed by atoms with Crippen LogP contribution in [0.15, 0.2) is 23.8 Å². The van der Waals surface area contributed by atoms with Gasteiger partial charge in [0, 0.05) is 16.7 Å². The van der Waals surface area contributed by atoms with Gasteiger partial charge in [0.2, 0.25) is 0 Å². The number of fused-ring (bicyclic) bond motifs is 5. The first-order valence-electron chi connectivity index (χ1n) is 12.6. The van der Waals surface area contributed by atoms with Crippen molar-refractivity contribution in [3.63, 3.8) is 0 Å². The van der Waals surface area contributed by atoms with Gasteiger partial charge in [0.1, 0.15) is 6.10 Å². The number of esters is 1. The zero-order chi connectivity index (χ0) is 22.8. The monoisotopic (exact) mass is 442 g/mol. The summed E-state index contributed by atoms with van der Waals surface area (Å²) in [7, 11) is 0. The first-order chi connectivity index (χ1) is 15.1. The Morgan fingerprint density at radius 1 is 1.12 bits per heavy atom. The first kappa shape index (κ1) is 22.3. The number of aliphatic hydroxyl groups excluding tert-OH is 2. The molecule has 0 spiro atoms. The Kier molecular flexibility index (Phi) is 5.45. The molecule has 0 aliphatic heterocycles. The number of carbonyl (C=O) groups is 2. The van der Waals surface area contributed by atoms with Gasteiger partial charge in [-0.2, -0.15) is 0 Å². The molecule has 5 aliphatic rings. The molecule has 4 fully saturated rings. The highest BCUT2D eigenvalue weighted by atomic mass is 16.5. The van der Waals surface area contributed by atoms with Crippen LogP contribution < -0.4 is 0 Å². The van der Waals surface area contributed by atoms with Crippen LogP contribution in [0.5, 0.6) is 0 Å². The molecule has 5 heteroatoms. The molecule has 5 nitrogen and oxygen atoms in total. The smallest absolute Gasteiger partial charge is 0.309 e. The minimum atomic E-state index is -0.482. The van der Waals surface area contributed by atoms with Crippen LogP contribution in [0.1, 0.15) is 72.1 Å². The number of hydrogen-bond donors (Lipinski definition) is 2. The molecule has 4 saturated carbocycles. The van der Waals surface area contributed by atoms with E-state index in [0.29, 0.717) is 43.9 Å². The number of ketones is 1. The van der Waals surface area contributed by atoms with Gasteiger partial charge in [-0.05, 0) is 81.3 Å². The molecular weight excluding hydrogens is 404 g/mol. The summed E-state index contributed by atoms with van der Waals surface area (Å²) in [6.07, 6.45) is 10.9. The van der Waals surface area contributed by atoms with E-state index in [1.165, 1.54) is 5.57 Å². The molecule has 176 valence electrons. The molecule has 0 saturated heterocycles. The Balaban J connectivity index is 1.38. The Bertz CT molecular complexity index is 852. The van der Waals surface area contributed by atoms with Gasteiger partial charge < -0.3 is 14.9 Å². The zero-order valence-electron chi connectivity index (χ0n) is 19.6. The maximum absolute atomic E-state index is 13.0. The molecule has 0 aromatic rings. The van der Waals surface area contributed by atoms with Crippen LogP contribution in [0.3, 0.4) is 0 Å². The van der Waals surface area contributed by atoms with Crippen LogP contribution in [-0.4, -0.2) is 40.3 Å². The maximum Gasteiger partial charge on any atom is 0.309 e. The number of allylic oxidation sites excluding steroid dienone is 4. The summed E-state index contributed by atoms with van der Waals surface area (Å²) in [6.45, 7) is 6.62. The number of ether oxygens (including phenoxy) is 1. The van der Waals surface area contributed by atoms with Crippen molar-refractivity contribution in [1.82, 2.24) is 0 Å². The normalized spacial score (nSPS) is 50.2. The Labute approximate surface area is 191 Å². The summed E-state index contributed by atoms with van der Waals surface area (Å²) in [6, 6.07) is 0. The summed E-state index contributed by atoms with van der Waals surface area (Å²) in [5.41, 5.74) is 0.677. The fourth-order valence-corrected chi connectivity index (χ4v) is 8.43. The lowest BCUT2D eigenvalue weighted by molar-refractivity contribution is -0.176. The molecular formula is C27H38O5. The van der Waals surface area contributed by atoms with Crippen molar-refractivity contribution in [2.24, 2.45) is 40.4 Å². The third-order valence-corrected chi connectivity index (χ3v) is 10.00. The van der Waals surface area contributed by atoms with Gasteiger partial charge in [0.25, 0.3) is 0 Å². The van der Waals surface area contributed by atoms with Gasteiger partial charge in [-0.3, -0.25) is 9.59 Å². The summed E-state index contributed by atoms with van der Waals surface area (Å²) in [5.74, 6) is 0.972. The van der Waals surface area contributed by atoms with E-state index < -0.39 is 6.10 Å². The number of aliphatic hydroxyl groups is 2. The van der Waals surface area contributed by atoms with E-state index in [2.05, 4.69) is 20.8 Å². The summed E-state index contributed by atoms with van der Waals surface area (Å²) in [4.78, 5) is 25.0. The van der Waals surface area contributed by atoms with E-state index in [9.17, 15) is 19.8 Å².